The first-order valence-corrected chi connectivity index (χ1v) is 5.36. The van der Waals surface area contributed by atoms with Gasteiger partial charge in [-0.3, -0.25) is 4.79 Å². The maximum absolute atomic E-state index is 11.6. The molecule has 9 heteroatoms. The molecule has 0 bridgehead atoms. The molecule has 15 heavy (non-hydrogen) atoms. The average Bonchev–Trinajstić information content (AvgIpc) is 1.99. The van der Waals surface area contributed by atoms with Gasteiger partial charge in [-0.2, -0.15) is 13.2 Å². The number of carbonyl (C=O) groups is 1. The highest BCUT2D eigenvalue weighted by Gasteiger charge is 2.31. The SMILES string of the molecule is CC(C(=O)O)S(=O)(=O)COCC(F)(F)F. The lowest BCUT2D eigenvalue weighted by Gasteiger charge is -2.10. The molecule has 0 amide bonds. The van der Waals surface area contributed by atoms with Crippen LogP contribution in [0.3, 0.4) is 0 Å². The second kappa shape index (κ2) is 4.79. The summed E-state index contributed by atoms with van der Waals surface area (Å²) in [5.41, 5.74) is 0. The molecule has 0 rings (SSSR count). The fourth-order valence-corrected chi connectivity index (χ4v) is 1.36. The first kappa shape index (κ1) is 14.2. The molecule has 0 aliphatic heterocycles. The van der Waals surface area contributed by atoms with E-state index in [0.29, 0.717) is 0 Å². The Labute approximate surface area is 83.8 Å². The summed E-state index contributed by atoms with van der Waals surface area (Å²) in [4.78, 5) is 10.2. The molecule has 5 nitrogen and oxygen atoms in total. The largest absolute Gasteiger partial charge is 0.480 e. The fourth-order valence-electron chi connectivity index (χ4n) is 0.529. The molecule has 0 aromatic heterocycles. The lowest BCUT2D eigenvalue weighted by Crippen LogP contribution is -2.31. The van der Waals surface area contributed by atoms with Gasteiger partial charge in [0.05, 0.1) is 0 Å². The molecule has 0 aliphatic rings. The Kier molecular flexibility index (Phi) is 4.53. The Morgan fingerprint density at radius 2 is 1.93 bits per heavy atom. The number of sulfone groups is 1. The van der Waals surface area contributed by atoms with Crippen molar-refractivity contribution in [1.29, 1.82) is 0 Å². The summed E-state index contributed by atoms with van der Waals surface area (Å²) < 4.78 is 60.5. The average molecular weight is 250 g/mol. The van der Waals surface area contributed by atoms with Crippen LogP contribution in [-0.4, -0.2) is 43.5 Å². The van der Waals surface area contributed by atoms with E-state index in [1.165, 1.54) is 0 Å². The second-order valence-electron chi connectivity index (χ2n) is 2.72. The van der Waals surface area contributed by atoms with Crippen LogP contribution in [0.25, 0.3) is 0 Å². The van der Waals surface area contributed by atoms with Gasteiger partial charge in [0.1, 0.15) is 12.5 Å². The number of carboxylic acid groups (broad SMARTS) is 1. The van der Waals surface area contributed by atoms with Crippen LogP contribution in [0.2, 0.25) is 0 Å². The zero-order valence-corrected chi connectivity index (χ0v) is 8.43. The summed E-state index contributed by atoms with van der Waals surface area (Å²) in [5.74, 6) is -2.90. The van der Waals surface area contributed by atoms with E-state index in [0.717, 1.165) is 6.92 Å². The summed E-state index contributed by atoms with van der Waals surface area (Å²) in [6, 6.07) is 0. The van der Waals surface area contributed by atoms with Gasteiger partial charge in [0, 0.05) is 0 Å². The first-order valence-electron chi connectivity index (χ1n) is 3.65. The van der Waals surface area contributed by atoms with Gasteiger partial charge in [-0.1, -0.05) is 0 Å². The lowest BCUT2D eigenvalue weighted by atomic mass is 10.5. The molecule has 0 saturated heterocycles. The van der Waals surface area contributed by atoms with Gasteiger partial charge in [0.25, 0.3) is 0 Å². The van der Waals surface area contributed by atoms with Crippen molar-refractivity contribution in [3.05, 3.63) is 0 Å². The van der Waals surface area contributed by atoms with E-state index >= 15 is 0 Å². The zero-order valence-electron chi connectivity index (χ0n) is 7.61. The highest BCUT2D eigenvalue weighted by molar-refractivity contribution is 7.92. The van der Waals surface area contributed by atoms with Crippen LogP contribution in [0.15, 0.2) is 0 Å². The van der Waals surface area contributed by atoms with E-state index in [4.69, 9.17) is 5.11 Å². The van der Waals surface area contributed by atoms with Gasteiger partial charge >= 0.3 is 12.1 Å². The lowest BCUT2D eigenvalue weighted by molar-refractivity contribution is -0.169. The number of rotatable bonds is 5. The molecule has 1 unspecified atom stereocenters. The molecule has 0 heterocycles. The van der Waals surface area contributed by atoms with E-state index in [1.807, 2.05) is 0 Å². The molecular weight excluding hydrogens is 241 g/mol. The van der Waals surface area contributed by atoms with Crippen molar-refractivity contribution in [3.8, 4) is 0 Å². The summed E-state index contributed by atoms with van der Waals surface area (Å²) >= 11 is 0. The Bertz CT molecular complexity index is 320. The number of ether oxygens (including phenoxy) is 1. The quantitative estimate of drug-likeness (QED) is 0.764. The normalized spacial score (nSPS) is 14.9. The monoisotopic (exact) mass is 250 g/mol. The fraction of sp³-hybridized carbons (Fsp3) is 0.833. The maximum Gasteiger partial charge on any atom is 0.411 e. The summed E-state index contributed by atoms with van der Waals surface area (Å²) in [7, 11) is -4.20. The molecule has 0 aromatic rings. The standard InChI is InChI=1S/C6H9F3O5S/c1-4(5(10)11)15(12,13)3-14-2-6(7,8)9/h4H,2-3H2,1H3,(H,10,11). The van der Waals surface area contributed by atoms with Crippen LogP contribution in [-0.2, 0) is 19.4 Å². The smallest absolute Gasteiger partial charge is 0.411 e. The van der Waals surface area contributed by atoms with Crippen LogP contribution in [0.5, 0.6) is 0 Å². The van der Waals surface area contributed by atoms with Crippen molar-refractivity contribution >= 4 is 15.8 Å². The molecule has 0 aliphatic carbocycles. The van der Waals surface area contributed by atoms with Gasteiger partial charge in [0.15, 0.2) is 15.1 Å². The number of hydrogen-bond acceptors (Lipinski definition) is 4. The van der Waals surface area contributed by atoms with Crippen LogP contribution >= 0.6 is 0 Å². The van der Waals surface area contributed by atoms with Crippen LogP contribution in [0.1, 0.15) is 6.92 Å². The molecule has 1 N–H and O–H groups in total. The summed E-state index contributed by atoms with van der Waals surface area (Å²) in [5, 5.41) is 6.53. The van der Waals surface area contributed by atoms with E-state index in [9.17, 15) is 26.4 Å². The predicted octanol–water partition coefficient (Wildman–Crippen LogP) is 0.411. The Morgan fingerprint density at radius 1 is 1.47 bits per heavy atom. The molecule has 90 valence electrons. The minimum atomic E-state index is -4.64. The third-order valence-corrected chi connectivity index (χ3v) is 3.17. The van der Waals surface area contributed by atoms with Crippen LogP contribution < -0.4 is 0 Å². The highest BCUT2D eigenvalue weighted by atomic mass is 32.2. The number of aliphatic carboxylic acids is 1. The first-order chi connectivity index (χ1) is 6.56. The van der Waals surface area contributed by atoms with Crippen molar-refractivity contribution in [2.75, 3.05) is 12.5 Å². The van der Waals surface area contributed by atoms with Gasteiger partial charge in [-0.25, -0.2) is 8.42 Å². The Hall–Kier alpha value is -0.830. The molecule has 0 saturated carbocycles. The van der Waals surface area contributed by atoms with Crippen molar-refractivity contribution < 1.29 is 36.2 Å². The van der Waals surface area contributed by atoms with E-state index < -0.39 is 39.8 Å². The zero-order chi connectivity index (χ0) is 12.3. The van der Waals surface area contributed by atoms with Crippen molar-refractivity contribution in [1.82, 2.24) is 0 Å². The maximum atomic E-state index is 11.6. The van der Waals surface area contributed by atoms with Crippen molar-refractivity contribution in [2.24, 2.45) is 0 Å². The van der Waals surface area contributed by atoms with E-state index in [1.54, 1.807) is 0 Å². The number of hydrogen-bond donors (Lipinski definition) is 1. The van der Waals surface area contributed by atoms with Gasteiger partial charge in [-0.05, 0) is 6.92 Å². The molecule has 0 radical (unpaired) electrons. The third kappa shape index (κ3) is 5.57. The second-order valence-corrected chi connectivity index (χ2v) is 4.99. The molecule has 0 aromatic carbocycles. The number of carboxylic acids is 1. The van der Waals surface area contributed by atoms with Crippen molar-refractivity contribution in [3.63, 3.8) is 0 Å². The number of alkyl halides is 3. The molecule has 0 fully saturated rings. The molecule has 0 spiro atoms. The Morgan fingerprint density at radius 3 is 2.27 bits per heavy atom. The third-order valence-electron chi connectivity index (χ3n) is 1.40. The van der Waals surface area contributed by atoms with E-state index in [2.05, 4.69) is 4.74 Å². The van der Waals surface area contributed by atoms with Gasteiger partial charge < -0.3 is 9.84 Å². The van der Waals surface area contributed by atoms with Crippen molar-refractivity contribution in [2.45, 2.75) is 18.3 Å². The summed E-state index contributed by atoms with van der Waals surface area (Å²) in [6.45, 7) is -0.868. The Balaban J connectivity index is 4.24. The van der Waals surface area contributed by atoms with E-state index in [-0.39, 0.29) is 0 Å². The van der Waals surface area contributed by atoms with Crippen LogP contribution in [0, 0.1) is 0 Å². The summed E-state index contributed by atoms with van der Waals surface area (Å²) in [6.07, 6.45) is -4.64. The van der Waals surface area contributed by atoms with Gasteiger partial charge in [0.2, 0.25) is 0 Å². The molecular formula is C6H9F3O5S. The minimum Gasteiger partial charge on any atom is -0.480 e. The minimum absolute atomic E-state index is 0.856. The predicted molar refractivity (Wildman–Crippen MR) is 42.9 cm³/mol. The number of halogens is 3. The van der Waals surface area contributed by atoms with Gasteiger partial charge in [-0.15, -0.1) is 0 Å². The topological polar surface area (TPSA) is 80.7 Å². The van der Waals surface area contributed by atoms with Crippen LogP contribution in [0.4, 0.5) is 13.2 Å². The highest BCUT2D eigenvalue weighted by Crippen LogP contribution is 2.15. The molecule has 1 atom stereocenters.